The van der Waals surface area contributed by atoms with Crippen LogP contribution in [0.3, 0.4) is 0 Å². The van der Waals surface area contributed by atoms with Gasteiger partial charge in [-0.2, -0.15) is 0 Å². The number of hydrogen-bond acceptors (Lipinski definition) is 3. The number of ether oxygens (including phenoxy) is 1. The van der Waals surface area contributed by atoms with Crippen molar-refractivity contribution in [1.29, 1.82) is 0 Å². The third kappa shape index (κ3) is 4.87. The van der Waals surface area contributed by atoms with E-state index in [0.717, 1.165) is 11.8 Å². The Bertz CT molecular complexity index is 628. The third-order valence-electron chi connectivity index (χ3n) is 2.73. The molecule has 0 spiro atoms. The molecule has 0 radical (unpaired) electrons. The summed E-state index contributed by atoms with van der Waals surface area (Å²) in [7, 11) is 1.23. The number of carboxylic acids is 1. The van der Waals surface area contributed by atoms with E-state index in [4.69, 9.17) is 10.2 Å². The predicted octanol–water partition coefficient (Wildman–Crippen LogP) is 3.31. The molecule has 0 bridgehead atoms. The standard InChI is InChI=1S/C15H20INO4/c1-14(2,3)21-13(20)17(4)15(16,12(18)19)10-11-8-6-5-7-9-11/h5-9H,10H2,1-4H3,(H,18,19)/t15-/m0/s1/i1D,2D3/t14?,15-. The summed E-state index contributed by atoms with van der Waals surface area (Å²) in [5.74, 6) is -1.27. The molecule has 21 heavy (non-hydrogen) atoms. The number of alkyl halides is 1. The van der Waals surface area contributed by atoms with Crippen LogP contribution < -0.4 is 0 Å². The first-order valence-corrected chi connectivity index (χ1v) is 7.17. The van der Waals surface area contributed by atoms with Gasteiger partial charge >= 0.3 is 12.1 Å². The molecule has 0 aromatic heterocycles. The number of rotatable bonds is 4. The van der Waals surface area contributed by atoms with Gasteiger partial charge < -0.3 is 9.84 Å². The van der Waals surface area contributed by atoms with Gasteiger partial charge in [-0.1, -0.05) is 30.3 Å². The number of amides is 1. The Hall–Kier alpha value is -1.31. The van der Waals surface area contributed by atoms with Gasteiger partial charge in [0.05, 0.1) is 0 Å². The molecule has 1 N–H and O–H groups in total. The lowest BCUT2D eigenvalue weighted by Gasteiger charge is -2.34. The Balaban J connectivity index is 3.08. The molecule has 2 atom stereocenters. The second kappa shape index (κ2) is 6.64. The lowest BCUT2D eigenvalue weighted by atomic mass is 10.1. The van der Waals surface area contributed by atoms with Crippen molar-refractivity contribution < 1.29 is 24.9 Å². The summed E-state index contributed by atoms with van der Waals surface area (Å²) >= 11 is 1.63. The van der Waals surface area contributed by atoms with E-state index < -0.39 is 35.0 Å². The van der Waals surface area contributed by atoms with Crippen LogP contribution >= 0.6 is 22.6 Å². The molecule has 0 saturated carbocycles. The molecule has 116 valence electrons. The molecule has 1 unspecified atom stereocenters. The molecule has 1 aromatic rings. The van der Waals surface area contributed by atoms with Gasteiger partial charge in [-0.15, -0.1) is 0 Å². The largest absolute Gasteiger partial charge is 0.479 e. The first-order chi connectivity index (χ1) is 11.4. The molecule has 5 nitrogen and oxygen atoms in total. The van der Waals surface area contributed by atoms with Gasteiger partial charge in [0.1, 0.15) is 5.60 Å². The molecule has 1 aromatic carbocycles. The van der Waals surface area contributed by atoms with Gasteiger partial charge in [-0.3, -0.25) is 4.90 Å². The average Bonchev–Trinajstić information content (AvgIpc) is 2.53. The zero-order chi connectivity index (χ0) is 19.5. The number of aliphatic carboxylic acids is 1. The average molecular weight is 409 g/mol. The highest BCUT2D eigenvalue weighted by Crippen LogP contribution is 2.29. The van der Waals surface area contributed by atoms with Crippen LogP contribution in [0.2, 0.25) is 0 Å². The third-order valence-corrected chi connectivity index (χ3v) is 4.29. The summed E-state index contributed by atoms with van der Waals surface area (Å²) in [6.45, 7) is -2.25. The lowest BCUT2D eigenvalue weighted by Crippen LogP contribution is -2.53. The normalized spacial score (nSPS) is 19.8. The number of nitrogens with zero attached hydrogens (tertiary/aromatic N) is 1. The number of hydrogen-bond donors (Lipinski definition) is 1. The van der Waals surface area contributed by atoms with E-state index >= 15 is 0 Å². The highest BCUT2D eigenvalue weighted by molar-refractivity contribution is 14.1. The predicted molar refractivity (Wildman–Crippen MR) is 88.5 cm³/mol. The second-order valence-corrected chi connectivity index (χ2v) is 6.67. The summed E-state index contributed by atoms with van der Waals surface area (Å²) < 4.78 is 33.1. The van der Waals surface area contributed by atoms with Crippen LogP contribution in [0.15, 0.2) is 30.3 Å². The van der Waals surface area contributed by atoms with E-state index in [2.05, 4.69) is 0 Å². The first kappa shape index (κ1) is 12.3. The molecule has 0 saturated heterocycles. The fourth-order valence-electron chi connectivity index (χ4n) is 1.61. The number of benzene rings is 1. The molecule has 6 heteroatoms. The van der Waals surface area contributed by atoms with Crippen molar-refractivity contribution >= 4 is 34.7 Å². The number of likely N-dealkylation sites (N-methyl/N-ethyl adjacent to an activating group) is 1. The summed E-state index contributed by atoms with van der Waals surface area (Å²) in [5, 5.41) is 9.62. The summed E-state index contributed by atoms with van der Waals surface area (Å²) in [5.41, 5.74) is -1.33. The smallest absolute Gasteiger partial charge is 0.411 e. The van der Waals surface area contributed by atoms with Gasteiger partial charge in [-0.25, -0.2) is 9.59 Å². The highest BCUT2D eigenvalue weighted by atomic mass is 127. The number of carbonyl (C=O) groups is 2. The van der Waals surface area contributed by atoms with Crippen molar-refractivity contribution in [2.24, 2.45) is 0 Å². The molecule has 1 amide bonds. The SMILES string of the molecule is [2H]CC(C)(OC(=O)N(C)[C@@](I)(Cc1ccccc1)C(=O)O)C([2H])([2H])[2H]. The van der Waals surface area contributed by atoms with E-state index in [1.807, 2.05) is 0 Å². The van der Waals surface area contributed by atoms with Crippen molar-refractivity contribution in [3.05, 3.63) is 35.9 Å². The van der Waals surface area contributed by atoms with E-state index in [1.54, 1.807) is 52.9 Å². The second-order valence-electron chi connectivity index (χ2n) is 4.88. The summed E-state index contributed by atoms with van der Waals surface area (Å²) in [6, 6.07) is 8.74. The van der Waals surface area contributed by atoms with Crippen LogP contribution in [0, 0.1) is 0 Å². The maximum atomic E-state index is 12.4. The fraction of sp³-hybridized carbons (Fsp3) is 0.467. The highest BCUT2D eigenvalue weighted by Gasteiger charge is 2.44. The number of halogens is 1. The van der Waals surface area contributed by atoms with Crippen LogP contribution in [-0.4, -0.2) is 38.3 Å². The first-order valence-electron chi connectivity index (χ1n) is 8.30. The Morgan fingerprint density at radius 2 is 2.05 bits per heavy atom. The quantitative estimate of drug-likeness (QED) is 0.471. The lowest BCUT2D eigenvalue weighted by molar-refractivity contribution is -0.143. The molecular formula is C15H20INO4. The molecule has 0 fully saturated rings. The van der Waals surface area contributed by atoms with Crippen molar-refractivity contribution in [2.75, 3.05) is 7.05 Å². The zero-order valence-electron chi connectivity index (χ0n) is 15.8. The summed E-state index contributed by atoms with van der Waals surface area (Å²) in [4.78, 5) is 25.1. The molecule has 0 aliphatic rings. The van der Waals surface area contributed by atoms with E-state index in [9.17, 15) is 14.7 Å². The van der Waals surface area contributed by atoms with Crippen molar-refractivity contribution in [2.45, 2.75) is 36.2 Å². The monoisotopic (exact) mass is 409 g/mol. The van der Waals surface area contributed by atoms with E-state index in [0.29, 0.717) is 5.56 Å². The molecule has 0 aliphatic carbocycles. The van der Waals surface area contributed by atoms with Crippen LogP contribution in [0.25, 0.3) is 0 Å². The van der Waals surface area contributed by atoms with Crippen molar-refractivity contribution in [3.8, 4) is 0 Å². The van der Waals surface area contributed by atoms with Crippen LogP contribution in [0.1, 0.15) is 31.7 Å². The maximum Gasteiger partial charge on any atom is 0.411 e. The minimum atomic E-state index is -2.71. The zero-order valence-corrected chi connectivity index (χ0v) is 14.0. The van der Waals surface area contributed by atoms with Gasteiger partial charge in [0, 0.05) is 19.0 Å². The fourth-order valence-corrected chi connectivity index (χ4v) is 2.25. The number of carbonyl (C=O) groups excluding carboxylic acids is 1. The summed E-state index contributed by atoms with van der Waals surface area (Å²) in [6.07, 6.45) is -1.11. The van der Waals surface area contributed by atoms with Gasteiger partial charge in [0.2, 0.25) is 0 Å². The minimum Gasteiger partial charge on any atom is -0.479 e. The van der Waals surface area contributed by atoms with Crippen LogP contribution in [0.4, 0.5) is 4.79 Å². The molecule has 0 aliphatic heterocycles. The van der Waals surface area contributed by atoms with Crippen LogP contribution in [-0.2, 0) is 16.0 Å². The molecule has 1 rings (SSSR count). The number of carboxylic acid groups (broad SMARTS) is 1. The van der Waals surface area contributed by atoms with Crippen LogP contribution in [0.5, 0.6) is 0 Å². The minimum absolute atomic E-state index is 0.000685. The Kier molecular flexibility index (Phi) is 3.87. The van der Waals surface area contributed by atoms with Crippen molar-refractivity contribution in [1.82, 2.24) is 4.90 Å². The van der Waals surface area contributed by atoms with Gasteiger partial charge in [0.25, 0.3) is 0 Å². The Labute approximate surface area is 144 Å². The molecule has 0 heterocycles. The van der Waals surface area contributed by atoms with E-state index in [1.165, 1.54) is 7.05 Å². The van der Waals surface area contributed by atoms with Gasteiger partial charge in [-0.05, 0) is 48.8 Å². The van der Waals surface area contributed by atoms with Gasteiger partial charge in [0.15, 0.2) is 3.55 Å². The van der Waals surface area contributed by atoms with E-state index in [-0.39, 0.29) is 6.42 Å². The Morgan fingerprint density at radius 1 is 1.43 bits per heavy atom. The maximum absolute atomic E-state index is 12.4. The van der Waals surface area contributed by atoms with Crippen molar-refractivity contribution in [3.63, 3.8) is 0 Å². The topological polar surface area (TPSA) is 66.8 Å². The molecular weight excluding hydrogens is 385 g/mol. The Morgan fingerprint density at radius 3 is 2.52 bits per heavy atom.